The molecular formula is C17H22N6. The normalized spacial score (nSPS) is 15.5. The van der Waals surface area contributed by atoms with E-state index in [-0.39, 0.29) is 0 Å². The van der Waals surface area contributed by atoms with E-state index >= 15 is 0 Å². The number of nitrogens with one attached hydrogen (secondary N) is 1. The molecule has 4 rings (SSSR count). The highest BCUT2D eigenvalue weighted by molar-refractivity contribution is 5.69. The number of imidazole rings is 2. The number of rotatable bonds is 3. The highest BCUT2D eigenvalue weighted by Crippen LogP contribution is 2.24. The van der Waals surface area contributed by atoms with E-state index in [1.54, 1.807) is 6.20 Å². The molecule has 4 heterocycles. The number of pyridine rings is 1. The second-order valence-electron chi connectivity index (χ2n) is 6.60. The molecule has 0 unspecified atom stereocenters. The largest absolute Gasteiger partial charge is 0.340 e. The summed E-state index contributed by atoms with van der Waals surface area (Å²) in [5, 5.41) is 0. The molecule has 120 valence electrons. The lowest BCUT2D eigenvalue weighted by Crippen LogP contribution is -2.31. The summed E-state index contributed by atoms with van der Waals surface area (Å²) in [6, 6.07) is 3.94. The maximum absolute atomic E-state index is 4.86. The van der Waals surface area contributed by atoms with Gasteiger partial charge in [0.05, 0.1) is 17.8 Å². The van der Waals surface area contributed by atoms with Crippen molar-refractivity contribution in [2.45, 2.75) is 39.3 Å². The standard InChI is InChI=1S/C17H22N6/c1-11(2)17-20-13-9-23(8-6-14(13)22(17)3)10-15-19-12-5-4-7-18-16(12)21-15/h4-5,7,11H,6,8-10H2,1-3H3,(H,18,19,21). The number of nitrogens with zero attached hydrogens (tertiary/aromatic N) is 5. The second-order valence-corrected chi connectivity index (χ2v) is 6.60. The summed E-state index contributed by atoms with van der Waals surface area (Å²) in [6.07, 6.45) is 2.82. The summed E-state index contributed by atoms with van der Waals surface area (Å²) in [6.45, 7) is 7.14. The van der Waals surface area contributed by atoms with Crippen LogP contribution in [0.25, 0.3) is 11.2 Å². The van der Waals surface area contributed by atoms with Crippen LogP contribution in [-0.2, 0) is 26.6 Å². The monoisotopic (exact) mass is 310 g/mol. The van der Waals surface area contributed by atoms with Gasteiger partial charge >= 0.3 is 0 Å². The van der Waals surface area contributed by atoms with E-state index in [2.05, 4.69) is 45.3 Å². The summed E-state index contributed by atoms with van der Waals surface area (Å²) >= 11 is 0. The van der Waals surface area contributed by atoms with E-state index in [1.165, 1.54) is 17.2 Å². The summed E-state index contributed by atoms with van der Waals surface area (Å²) in [5.74, 6) is 2.62. The lowest BCUT2D eigenvalue weighted by Gasteiger charge is -2.25. The minimum absolute atomic E-state index is 0.459. The van der Waals surface area contributed by atoms with Gasteiger partial charge in [0.2, 0.25) is 0 Å². The van der Waals surface area contributed by atoms with Crippen molar-refractivity contribution in [3.63, 3.8) is 0 Å². The Morgan fingerprint density at radius 3 is 2.96 bits per heavy atom. The molecule has 23 heavy (non-hydrogen) atoms. The number of fused-ring (bicyclic) bond motifs is 2. The van der Waals surface area contributed by atoms with Crippen molar-refractivity contribution in [2.75, 3.05) is 6.54 Å². The van der Waals surface area contributed by atoms with Crippen LogP contribution < -0.4 is 0 Å². The molecule has 1 aliphatic rings. The Kier molecular flexibility index (Phi) is 3.41. The van der Waals surface area contributed by atoms with Crippen LogP contribution in [0.1, 0.15) is 42.8 Å². The fourth-order valence-corrected chi connectivity index (χ4v) is 3.44. The quantitative estimate of drug-likeness (QED) is 0.807. The average Bonchev–Trinajstić information content (AvgIpc) is 3.08. The molecule has 0 amide bonds. The highest BCUT2D eigenvalue weighted by atomic mass is 15.2. The van der Waals surface area contributed by atoms with Crippen molar-refractivity contribution in [3.8, 4) is 0 Å². The van der Waals surface area contributed by atoms with Crippen molar-refractivity contribution in [3.05, 3.63) is 41.4 Å². The van der Waals surface area contributed by atoms with Gasteiger partial charge in [0.25, 0.3) is 0 Å². The van der Waals surface area contributed by atoms with Crippen molar-refractivity contribution >= 4 is 11.2 Å². The van der Waals surface area contributed by atoms with Gasteiger partial charge < -0.3 is 9.55 Å². The van der Waals surface area contributed by atoms with Crippen LogP contribution in [0.4, 0.5) is 0 Å². The smallest absolute Gasteiger partial charge is 0.177 e. The average molecular weight is 310 g/mol. The molecule has 0 aliphatic carbocycles. The predicted molar refractivity (Wildman–Crippen MR) is 89.0 cm³/mol. The van der Waals surface area contributed by atoms with Gasteiger partial charge in [-0.25, -0.2) is 15.0 Å². The van der Waals surface area contributed by atoms with Crippen molar-refractivity contribution < 1.29 is 0 Å². The first-order valence-corrected chi connectivity index (χ1v) is 8.18. The Balaban J connectivity index is 1.55. The third-order valence-electron chi connectivity index (χ3n) is 4.57. The molecule has 0 aromatic carbocycles. The summed E-state index contributed by atoms with van der Waals surface area (Å²) < 4.78 is 2.28. The van der Waals surface area contributed by atoms with Crippen molar-refractivity contribution in [1.29, 1.82) is 0 Å². The van der Waals surface area contributed by atoms with Crippen LogP contribution in [0.2, 0.25) is 0 Å². The Bertz CT molecular complexity index is 811. The van der Waals surface area contributed by atoms with Crippen LogP contribution in [0.3, 0.4) is 0 Å². The molecule has 0 bridgehead atoms. The van der Waals surface area contributed by atoms with E-state index in [0.29, 0.717) is 5.92 Å². The Morgan fingerprint density at radius 2 is 2.17 bits per heavy atom. The fourth-order valence-electron chi connectivity index (χ4n) is 3.44. The van der Waals surface area contributed by atoms with Gasteiger partial charge in [0, 0.05) is 44.4 Å². The van der Waals surface area contributed by atoms with Gasteiger partial charge in [0.1, 0.15) is 11.6 Å². The first kappa shape index (κ1) is 14.4. The number of aromatic nitrogens is 5. The third kappa shape index (κ3) is 2.53. The molecule has 0 saturated carbocycles. The van der Waals surface area contributed by atoms with Gasteiger partial charge in [-0.2, -0.15) is 0 Å². The van der Waals surface area contributed by atoms with Crippen LogP contribution in [0, 0.1) is 0 Å². The zero-order valence-corrected chi connectivity index (χ0v) is 13.9. The van der Waals surface area contributed by atoms with E-state index in [9.17, 15) is 0 Å². The minimum atomic E-state index is 0.459. The molecule has 6 heteroatoms. The highest BCUT2D eigenvalue weighted by Gasteiger charge is 2.24. The van der Waals surface area contributed by atoms with Gasteiger partial charge in [-0.1, -0.05) is 13.8 Å². The molecule has 0 saturated heterocycles. The predicted octanol–water partition coefficient (Wildman–Crippen LogP) is 2.37. The summed E-state index contributed by atoms with van der Waals surface area (Å²) in [5.41, 5.74) is 4.40. The van der Waals surface area contributed by atoms with Crippen LogP contribution >= 0.6 is 0 Å². The van der Waals surface area contributed by atoms with E-state index in [4.69, 9.17) is 4.98 Å². The molecular weight excluding hydrogens is 288 g/mol. The maximum atomic E-state index is 4.86. The molecule has 0 spiro atoms. The Labute approximate surface area is 135 Å². The van der Waals surface area contributed by atoms with E-state index < -0.39 is 0 Å². The summed E-state index contributed by atoms with van der Waals surface area (Å²) in [7, 11) is 2.14. The molecule has 0 atom stereocenters. The third-order valence-corrected chi connectivity index (χ3v) is 4.57. The van der Waals surface area contributed by atoms with Gasteiger partial charge in [-0.15, -0.1) is 0 Å². The molecule has 3 aromatic rings. The van der Waals surface area contributed by atoms with Crippen LogP contribution in [-0.4, -0.2) is 35.9 Å². The van der Waals surface area contributed by atoms with Crippen molar-refractivity contribution in [2.24, 2.45) is 7.05 Å². The van der Waals surface area contributed by atoms with Crippen LogP contribution in [0.15, 0.2) is 18.3 Å². The number of hydrogen-bond acceptors (Lipinski definition) is 4. The Morgan fingerprint density at radius 1 is 1.30 bits per heavy atom. The van der Waals surface area contributed by atoms with E-state index in [0.717, 1.165) is 43.0 Å². The molecule has 0 radical (unpaired) electrons. The molecule has 6 nitrogen and oxygen atoms in total. The van der Waals surface area contributed by atoms with Gasteiger partial charge in [0.15, 0.2) is 5.65 Å². The molecule has 3 aromatic heterocycles. The lowest BCUT2D eigenvalue weighted by atomic mass is 10.1. The van der Waals surface area contributed by atoms with E-state index in [1.807, 2.05) is 12.1 Å². The zero-order valence-electron chi connectivity index (χ0n) is 13.9. The first-order chi connectivity index (χ1) is 11.1. The number of hydrogen-bond donors (Lipinski definition) is 1. The fraction of sp³-hybridized carbons (Fsp3) is 0.471. The topological polar surface area (TPSA) is 62.6 Å². The molecule has 1 aliphatic heterocycles. The maximum Gasteiger partial charge on any atom is 0.177 e. The second kappa shape index (κ2) is 5.45. The van der Waals surface area contributed by atoms with Crippen molar-refractivity contribution in [1.82, 2.24) is 29.4 Å². The first-order valence-electron chi connectivity index (χ1n) is 8.18. The Hall–Kier alpha value is -2.21. The lowest BCUT2D eigenvalue weighted by molar-refractivity contribution is 0.235. The van der Waals surface area contributed by atoms with Gasteiger partial charge in [-0.05, 0) is 12.1 Å². The molecule has 0 fully saturated rings. The SMILES string of the molecule is CC(C)c1nc2c(n1C)CCN(Cc1nc3ncccc3[nH]1)C2. The molecule has 1 N–H and O–H groups in total. The van der Waals surface area contributed by atoms with Crippen LogP contribution in [0.5, 0.6) is 0 Å². The number of H-pyrrole nitrogens is 1. The van der Waals surface area contributed by atoms with Gasteiger partial charge in [-0.3, -0.25) is 4.90 Å². The summed E-state index contributed by atoms with van der Waals surface area (Å²) in [4.78, 5) is 19.5. The number of aromatic amines is 1. The minimum Gasteiger partial charge on any atom is -0.340 e. The zero-order chi connectivity index (χ0) is 16.0.